The normalized spacial score (nSPS) is 28.8. The van der Waals surface area contributed by atoms with Gasteiger partial charge in [-0.25, -0.2) is 0 Å². The number of nitrogens with zero attached hydrogens (tertiary/aromatic N) is 1. The van der Waals surface area contributed by atoms with Gasteiger partial charge in [0.05, 0.1) is 28.9 Å². The molecule has 3 saturated heterocycles. The third-order valence-corrected chi connectivity index (χ3v) is 16.8. The molecule has 2 saturated carbocycles. The minimum Gasteiger partial charge on any atom is -0.410 e. The Hall–Kier alpha value is -2.46. The van der Waals surface area contributed by atoms with Crippen LogP contribution in [0.15, 0.2) is 52.8 Å². The van der Waals surface area contributed by atoms with Gasteiger partial charge in [0.1, 0.15) is 6.10 Å². The molecule has 11 heteroatoms. The summed E-state index contributed by atoms with van der Waals surface area (Å²) in [6.07, 6.45) is 1.70. The highest BCUT2D eigenvalue weighted by Gasteiger charge is 2.56. The molecule has 2 N–H and O–H groups in total. The fourth-order valence-corrected chi connectivity index (χ4v) is 9.75. The van der Waals surface area contributed by atoms with Crippen molar-refractivity contribution in [3.05, 3.63) is 69.5 Å². The molecule has 0 amide bonds. The van der Waals surface area contributed by atoms with Gasteiger partial charge in [0, 0.05) is 56.5 Å². The second kappa shape index (κ2) is 13.3. The lowest BCUT2D eigenvalue weighted by atomic mass is 9.57. The lowest BCUT2D eigenvalue weighted by molar-refractivity contribution is -0.137. The summed E-state index contributed by atoms with van der Waals surface area (Å²) < 4.78 is 68.0. The van der Waals surface area contributed by atoms with Gasteiger partial charge in [-0.15, -0.1) is 0 Å². The van der Waals surface area contributed by atoms with Crippen molar-refractivity contribution in [1.82, 2.24) is 5.48 Å². The molecule has 2 aliphatic carbocycles. The number of benzene rings is 1. The summed E-state index contributed by atoms with van der Waals surface area (Å²) in [6, 6.07) is 5.46. The summed E-state index contributed by atoms with van der Waals surface area (Å²) in [6.45, 7) is 17.9. The monoisotopic (exact) mass is 700 g/mol. The molecule has 1 aromatic carbocycles. The molecule has 3 aliphatic heterocycles. The third kappa shape index (κ3) is 6.70. The van der Waals surface area contributed by atoms with Crippen molar-refractivity contribution in [2.75, 3.05) is 26.4 Å². The van der Waals surface area contributed by atoms with Crippen LogP contribution in [0.4, 0.5) is 13.2 Å². The Morgan fingerprint density at radius 1 is 1.06 bits per heavy atom. The largest absolute Gasteiger partial charge is 0.417 e. The number of hydrogen-bond donors (Lipinski definition) is 2. The standard InChI is InChI=1S/C38H51F3N2O5Si/c1-24-21-36(12-7-13-36)22-29(48-49(5,6)35(2,3)4)30(24)32-31(33(43-44)25-10-16-45-17-11-25)34(47-37(32)14-18-46-19-15-37)26-8-9-28(38(39,40)41)27(20-26)23-42/h8-9,20,25,29,34,43-44H,1,7,10-19,21-22H2,2-6H3/b32-30-,33-31+/t29?,34-/m1/s1. The molecular formula is C38H51F3N2O5Si. The van der Waals surface area contributed by atoms with E-state index in [9.17, 15) is 23.6 Å². The first kappa shape index (κ1) is 36.3. The van der Waals surface area contributed by atoms with Crippen LogP contribution in [0, 0.1) is 22.7 Å². The van der Waals surface area contributed by atoms with E-state index in [-0.39, 0.29) is 22.5 Å². The number of hydroxylamine groups is 1. The van der Waals surface area contributed by atoms with E-state index >= 15 is 0 Å². The number of halogens is 3. The van der Waals surface area contributed by atoms with Gasteiger partial charge < -0.3 is 18.6 Å². The quantitative estimate of drug-likeness (QED) is 0.234. The first-order chi connectivity index (χ1) is 23.0. The average Bonchev–Trinajstić information content (AvgIpc) is 3.32. The Kier molecular flexibility index (Phi) is 9.83. The molecule has 3 heterocycles. The van der Waals surface area contributed by atoms with Gasteiger partial charge >= 0.3 is 6.18 Å². The Morgan fingerprint density at radius 3 is 2.27 bits per heavy atom. The van der Waals surface area contributed by atoms with E-state index < -0.39 is 37.3 Å². The SMILES string of the molecule is C=C1CC2(CCC2)CC(O[Si](C)(C)C(C)(C)C)/C1=C1/C(=C(\NO)C2CCOCC2)[C@@H](c2ccc(C(F)(F)F)c(C#N)c2)OC12CCOCC2. The van der Waals surface area contributed by atoms with Crippen molar-refractivity contribution in [1.29, 1.82) is 5.26 Å². The molecule has 6 rings (SSSR count). The van der Waals surface area contributed by atoms with Crippen LogP contribution in [-0.4, -0.2) is 51.7 Å². The average molecular weight is 701 g/mol. The van der Waals surface area contributed by atoms with E-state index in [0.29, 0.717) is 68.9 Å². The summed E-state index contributed by atoms with van der Waals surface area (Å²) in [4.78, 5) is 0. The van der Waals surface area contributed by atoms with Crippen molar-refractivity contribution in [2.45, 2.75) is 121 Å². The van der Waals surface area contributed by atoms with Gasteiger partial charge in [0.15, 0.2) is 8.32 Å². The van der Waals surface area contributed by atoms with Gasteiger partial charge in [-0.05, 0) is 96.5 Å². The minimum atomic E-state index is -4.68. The van der Waals surface area contributed by atoms with Crippen molar-refractivity contribution in [3.63, 3.8) is 0 Å². The summed E-state index contributed by atoms with van der Waals surface area (Å²) in [5.41, 5.74) is 5.06. The zero-order valence-corrected chi connectivity index (χ0v) is 30.5. The van der Waals surface area contributed by atoms with Crippen LogP contribution >= 0.6 is 0 Å². The van der Waals surface area contributed by atoms with Gasteiger partial charge in [0.25, 0.3) is 0 Å². The summed E-state index contributed by atoms with van der Waals surface area (Å²) >= 11 is 0. The van der Waals surface area contributed by atoms with Crippen LogP contribution in [0.3, 0.4) is 0 Å². The molecule has 1 unspecified atom stereocenters. The van der Waals surface area contributed by atoms with E-state index in [2.05, 4.69) is 39.3 Å². The van der Waals surface area contributed by atoms with Gasteiger partial charge in [-0.1, -0.05) is 39.8 Å². The van der Waals surface area contributed by atoms with Gasteiger partial charge in [0.2, 0.25) is 0 Å². The van der Waals surface area contributed by atoms with Crippen molar-refractivity contribution < 1.29 is 37.0 Å². The topological polar surface area (TPSA) is 93.0 Å². The Labute approximate surface area is 289 Å². The number of hydrogen-bond acceptors (Lipinski definition) is 7. The summed E-state index contributed by atoms with van der Waals surface area (Å²) in [5.74, 6) is -0.107. The summed E-state index contributed by atoms with van der Waals surface area (Å²) in [5, 5.41) is 20.8. The molecule has 7 nitrogen and oxygen atoms in total. The Balaban J connectivity index is 1.63. The smallest absolute Gasteiger partial charge is 0.410 e. The zero-order valence-electron chi connectivity index (χ0n) is 29.5. The van der Waals surface area contributed by atoms with Crippen molar-refractivity contribution in [2.24, 2.45) is 11.3 Å². The molecular weight excluding hydrogens is 650 g/mol. The number of nitriles is 1. The first-order valence-corrected chi connectivity index (χ1v) is 20.7. The molecule has 5 fully saturated rings. The van der Waals surface area contributed by atoms with Crippen LogP contribution in [0.5, 0.6) is 0 Å². The molecule has 5 aliphatic rings. The molecule has 0 radical (unpaired) electrons. The number of allylic oxidation sites excluding steroid dienone is 1. The lowest BCUT2D eigenvalue weighted by Gasteiger charge is -2.52. The molecule has 1 aromatic rings. The van der Waals surface area contributed by atoms with Crippen LogP contribution in [0.25, 0.3) is 0 Å². The maximum absolute atomic E-state index is 14.0. The fourth-order valence-electron chi connectivity index (χ4n) is 8.48. The maximum Gasteiger partial charge on any atom is 0.417 e. The number of rotatable bonds is 5. The van der Waals surface area contributed by atoms with Crippen LogP contribution in [0.2, 0.25) is 18.1 Å². The molecule has 2 atom stereocenters. The van der Waals surface area contributed by atoms with Gasteiger partial charge in [-0.2, -0.15) is 18.4 Å². The third-order valence-electron chi connectivity index (χ3n) is 12.3. The highest BCUT2D eigenvalue weighted by atomic mass is 28.4. The van der Waals surface area contributed by atoms with Crippen LogP contribution < -0.4 is 5.48 Å². The van der Waals surface area contributed by atoms with E-state index in [0.717, 1.165) is 48.5 Å². The predicted octanol–water partition coefficient (Wildman–Crippen LogP) is 9.06. The van der Waals surface area contributed by atoms with Crippen molar-refractivity contribution >= 4 is 8.32 Å². The minimum absolute atomic E-state index is 0.0497. The fraction of sp³-hybridized carbons (Fsp3) is 0.658. The molecule has 49 heavy (non-hydrogen) atoms. The van der Waals surface area contributed by atoms with E-state index in [4.69, 9.17) is 25.2 Å². The summed E-state index contributed by atoms with van der Waals surface area (Å²) in [7, 11) is -2.32. The molecule has 0 bridgehead atoms. The maximum atomic E-state index is 14.0. The highest BCUT2D eigenvalue weighted by Crippen LogP contribution is 2.61. The van der Waals surface area contributed by atoms with Crippen LogP contribution in [0.1, 0.15) is 101 Å². The van der Waals surface area contributed by atoms with E-state index in [1.165, 1.54) is 18.6 Å². The second-order valence-electron chi connectivity index (χ2n) is 16.3. The number of alkyl halides is 3. The lowest BCUT2D eigenvalue weighted by Crippen LogP contribution is -2.50. The molecule has 0 aromatic heterocycles. The zero-order chi connectivity index (χ0) is 35.4. The number of ether oxygens (including phenoxy) is 3. The van der Waals surface area contributed by atoms with Crippen LogP contribution in [-0.2, 0) is 24.8 Å². The molecule has 268 valence electrons. The number of nitrogens with one attached hydrogen (secondary N) is 1. The Bertz CT molecular complexity index is 1550. The van der Waals surface area contributed by atoms with Crippen molar-refractivity contribution in [3.8, 4) is 6.07 Å². The second-order valence-corrected chi connectivity index (χ2v) is 21.1. The Morgan fingerprint density at radius 2 is 1.71 bits per heavy atom. The van der Waals surface area contributed by atoms with E-state index in [1.807, 2.05) is 0 Å². The predicted molar refractivity (Wildman–Crippen MR) is 182 cm³/mol. The van der Waals surface area contributed by atoms with E-state index in [1.54, 1.807) is 6.07 Å². The first-order valence-electron chi connectivity index (χ1n) is 17.7. The van der Waals surface area contributed by atoms with Gasteiger partial charge in [-0.3, -0.25) is 10.7 Å². The molecule has 2 spiro atoms. The highest BCUT2D eigenvalue weighted by molar-refractivity contribution is 6.74.